The number of ether oxygens (including phenoxy) is 2. The minimum absolute atomic E-state index is 0.123. The van der Waals surface area contributed by atoms with Gasteiger partial charge in [0.2, 0.25) is 5.91 Å². The van der Waals surface area contributed by atoms with E-state index in [1.807, 2.05) is 25.1 Å². The van der Waals surface area contributed by atoms with Gasteiger partial charge in [-0.25, -0.2) is 4.79 Å². The van der Waals surface area contributed by atoms with Gasteiger partial charge in [-0.2, -0.15) is 0 Å². The van der Waals surface area contributed by atoms with E-state index < -0.39 is 12.0 Å². The molecule has 2 aliphatic heterocycles. The number of carbonyl (C=O) groups is 2. The maximum atomic E-state index is 12.7. The van der Waals surface area contributed by atoms with Gasteiger partial charge in [-0.3, -0.25) is 4.79 Å². The van der Waals surface area contributed by atoms with Crippen molar-refractivity contribution >= 4 is 11.9 Å². The molecule has 0 bridgehead atoms. The second kappa shape index (κ2) is 6.48. The Morgan fingerprint density at radius 2 is 2.26 bits per heavy atom. The lowest BCUT2D eigenvalue weighted by molar-refractivity contribution is -0.150. The van der Waals surface area contributed by atoms with Gasteiger partial charge in [-0.15, -0.1) is 0 Å². The molecular formula is C17H21NO5. The number of carboxylic acids is 1. The first-order valence-electron chi connectivity index (χ1n) is 8.02. The number of fused-ring (bicyclic) bond motifs is 1. The molecule has 2 aliphatic rings. The fraction of sp³-hybridized carbons (Fsp3) is 0.529. The number of aliphatic carboxylic acids is 1. The SMILES string of the molecule is CCOc1ccc2c(c1)CC(C(=O)N1CCCC1C(=O)O)CO2. The number of hydrogen-bond acceptors (Lipinski definition) is 4. The molecule has 0 spiro atoms. The number of nitrogens with zero attached hydrogens (tertiary/aromatic N) is 1. The van der Waals surface area contributed by atoms with Crippen molar-refractivity contribution in [1.82, 2.24) is 4.90 Å². The van der Waals surface area contributed by atoms with E-state index in [-0.39, 0.29) is 11.8 Å². The summed E-state index contributed by atoms with van der Waals surface area (Å²) in [6.07, 6.45) is 1.82. The van der Waals surface area contributed by atoms with Crippen molar-refractivity contribution in [3.8, 4) is 11.5 Å². The van der Waals surface area contributed by atoms with Crippen LogP contribution in [0, 0.1) is 5.92 Å². The van der Waals surface area contributed by atoms with E-state index in [1.165, 1.54) is 4.90 Å². The van der Waals surface area contributed by atoms with Crippen LogP contribution in [0.15, 0.2) is 18.2 Å². The minimum atomic E-state index is -0.924. The van der Waals surface area contributed by atoms with Gasteiger partial charge >= 0.3 is 5.97 Å². The molecule has 1 amide bonds. The zero-order valence-electron chi connectivity index (χ0n) is 13.2. The highest BCUT2D eigenvalue weighted by Gasteiger charge is 2.38. The maximum Gasteiger partial charge on any atom is 0.326 e. The summed E-state index contributed by atoms with van der Waals surface area (Å²) in [4.78, 5) is 25.5. The molecule has 6 nitrogen and oxygen atoms in total. The summed E-state index contributed by atoms with van der Waals surface area (Å²) >= 11 is 0. The Labute approximate surface area is 135 Å². The molecule has 1 saturated heterocycles. The van der Waals surface area contributed by atoms with E-state index >= 15 is 0 Å². The lowest BCUT2D eigenvalue weighted by atomic mass is 9.95. The van der Waals surface area contributed by atoms with E-state index in [9.17, 15) is 14.7 Å². The molecule has 0 saturated carbocycles. The van der Waals surface area contributed by atoms with Crippen LogP contribution in [0.25, 0.3) is 0 Å². The second-order valence-electron chi connectivity index (χ2n) is 5.94. The van der Waals surface area contributed by atoms with Crippen LogP contribution in [0.2, 0.25) is 0 Å². The normalized spacial score (nSPS) is 23.1. The number of benzene rings is 1. The average Bonchev–Trinajstić information content (AvgIpc) is 3.03. The molecule has 2 atom stereocenters. The molecule has 0 aliphatic carbocycles. The van der Waals surface area contributed by atoms with E-state index in [4.69, 9.17) is 9.47 Å². The summed E-state index contributed by atoms with van der Waals surface area (Å²) in [5, 5.41) is 9.24. The highest BCUT2D eigenvalue weighted by molar-refractivity contribution is 5.86. The number of carbonyl (C=O) groups excluding carboxylic acids is 1. The standard InChI is InChI=1S/C17H21NO5/c1-2-22-13-5-6-15-11(9-13)8-12(10-23-15)16(19)18-7-3-4-14(18)17(20)21/h5-6,9,12,14H,2-4,7-8,10H2,1H3,(H,20,21). The topological polar surface area (TPSA) is 76.1 Å². The van der Waals surface area contributed by atoms with Gasteiger partial charge in [-0.05, 0) is 49.9 Å². The summed E-state index contributed by atoms with van der Waals surface area (Å²) in [5.41, 5.74) is 0.937. The van der Waals surface area contributed by atoms with E-state index in [1.54, 1.807) is 0 Å². The lowest BCUT2D eigenvalue weighted by Gasteiger charge is -2.30. The summed E-state index contributed by atoms with van der Waals surface area (Å²) in [6, 6.07) is 4.91. The Hall–Kier alpha value is -2.24. The molecule has 2 heterocycles. The molecule has 3 rings (SSSR count). The molecule has 2 unspecified atom stereocenters. The molecule has 23 heavy (non-hydrogen) atoms. The molecule has 0 aromatic heterocycles. The van der Waals surface area contributed by atoms with Crippen LogP contribution in [-0.2, 0) is 16.0 Å². The number of carboxylic acid groups (broad SMARTS) is 1. The van der Waals surface area contributed by atoms with E-state index in [0.717, 1.165) is 23.5 Å². The number of amides is 1. The summed E-state index contributed by atoms with van der Waals surface area (Å²) < 4.78 is 11.2. The van der Waals surface area contributed by atoms with Crippen LogP contribution in [0.3, 0.4) is 0 Å². The van der Waals surface area contributed by atoms with Crippen LogP contribution in [0.1, 0.15) is 25.3 Å². The van der Waals surface area contributed by atoms with Gasteiger partial charge in [0.15, 0.2) is 0 Å². The Bertz CT molecular complexity index is 615. The third-order valence-corrected chi connectivity index (χ3v) is 4.42. The predicted octanol–water partition coefficient (Wildman–Crippen LogP) is 1.71. The fourth-order valence-corrected chi connectivity index (χ4v) is 3.31. The predicted molar refractivity (Wildman–Crippen MR) is 82.7 cm³/mol. The number of rotatable bonds is 4. The Kier molecular flexibility index (Phi) is 4.41. The van der Waals surface area contributed by atoms with Crippen molar-refractivity contribution in [1.29, 1.82) is 0 Å². The second-order valence-corrected chi connectivity index (χ2v) is 5.94. The molecule has 1 N–H and O–H groups in total. The quantitative estimate of drug-likeness (QED) is 0.914. The zero-order chi connectivity index (χ0) is 16.4. The van der Waals surface area contributed by atoms with Gasteiger partial charge in [0, 0.05) is 6.54 Å². The largest absolute Gasteiger partial charge is 0.494 e. The van der Waals surface area contributed by atoms with Gasteiger partial charge in [0.1, 0.15) is 24.1 Å². The monoisotopic (exact) mass is 319 g/mol. The minimum Gasteiger partial charge on any atom is -0.494 e. The highest BCUT2D eigenvalue weighted by atomic mass is 16.5. The third kappa shape index (κ3) is 3.11. The van der Waals surface area contributed by atoms with Gasteiger partial charge in [-0.1, -0.05) is 0 Å². The highest BCUT2D eigenvalue weighted by Crippen LogP contribution is 2.32. The maximum absolute atomic E-state index is 12.7. The Balaban J connectivity index is 1.74. The molecule has 1 aromatic rings. The van der Waals surface area contributed by atoms with Gasteiger partial charge < -0.3 is 19.5 Å². The lowest BCUT2D eigenvalue weighted by Crippen LogP contribution is -2.46. The number of likely N-dealkylation sites (tertiary alicyclic amines) is 1. The first-order valence-corrected chi connectivity index (χ1v) is 8.02. The van der Waals surface area contributed by atoms with Crippen LogP contribution in [0.4, 0.5) is 0 Å². The molecule has 6 heteroatoms. The smallest absolute Gasteiger partial charge is 0.326 e. The van der Waals surface area contributed by atoms with Crippen LogP contribution in [0.5, 0.6) is 11.5 Å². The molecule has 1 fully saturated rings. The van der Waals surface area contributed by atoms with Crippen molar-refractivity contribution in [2.45, 2.75) is 32.2 Å². The van der Waals surface area contributed by atoms with Crippen LogP contribution >= 0.6 is 0 Å². The summed E-state index contributed by atoms with van der Waals surface area (Å²) in [5.74, 6) is 0.148. The molecule has 124 valence electrons. The molecular weight excluding hydrogens is 298 g/mol. The van der Waals surface area contributed by atoms with Crippen LogP contribution < -0.4 is 9.47 Å². The molecule has 0 radical (unpaired) electrons. The zero-order valence-corrected chi connectivity index (χ0v) is 13.2. The first kappa shape index (κ1) is 15.6. The number of hydrogen-bond donors (Lipinski definition) is 1. The average molecular weight is 319 g/mol. The van der Waals surface area contributed by atoms with Crippen molar-refractivity contribution < 1.29 is 24.2 Å². The van der Waals surface area contributed by atoms with Crippen molar-refractivity contribution in [3.05, 3.63) is 23.8 Å². The van der Waals surface area contributed by atoms with Crippen molar-refractivity contribution in [2.75, 3.05) is 19.8 Å². The van der Waals surface area contributed by atoms with E-state index in [0.29, 0.717) is 32.6 Å². The van der Waals surface area contributed by atoms with E-state index in [2.05, 4.69) is 0 Å². The first-order chi connectivity index (χ1) is 11.1. The summed E-state index contributed by atoms with van der Waals surface area (Å²) in [6.45, 7) is 3.30. The van der Waals surface area contributed by atoms with Gasteiger partial charge in [0.05, 0.1) is 12.5 Å². The third-order valence-electron chi connectivity index (χ3n) is 4.42. The van der Waals surface area contributed by atoms with Crippen LogP contribution in [-0.4, -0.2) is 47.7 Å². The van der Waals surface area contributed by atoms with Crippen molar-refractivity contribution in [2.24, 2.45) is 5.92 Å². The van der Waals surface area contributed by atoms with Gasteiger partial charge in [0.25, 0.3) is 0 Å². The Morgan fingerprint density at radius 1 is 1.43 bits per heavy atom. The molecule has 1 aromatic carbocycles. The fourth-order valence-electron chi connectivity index (χ4n) is 3.31. The van der Waals surface area contributed by atoms with Crippen molar-refractivity contribution in [3.63, 3.8) is 0 Å². The summed E-state index contributed by atoms with van der Waals surface area (Å²) in [7, 11) is 0. The Morgan fingerprint density at radius 3 is 3.00 bits per heavy atom.